The summed E-state index contributed by atoms with van der Waals surface area (Å²) in [6.45, 7) is -0.212. The molecule has 0 bridgehead atoms. The second-order valence-electron chi connectivity index (χ2n) is 3.14. The molecule has 1 atom stereocenters. The van der Waals surface area contributed by atoms with Gasteiger partial charge in [0.1, 0.15) is 0 Å². The van der Waals surface area contributed by atoms with Crippen LogP contribution in [-0.4, -0.2) is 28.5 Å². The monoisotopic (exact) mass is 145 g/mol. The molecular weight excluding hydrogens is 130 g/mol. The molecule has 0 aromatic heterocycles. The molecule has 0 amide bonds. The van der Waals surface area contributed by atoms with E-state index in [-0.39, 0.29) is 6.61 Å². The first-order valence-corrected chi connectivity index (χ1v) is 3.77. The lowest BCUT2D eigenvalue weighted by molar-refractivity contribution is 0.0329. The Labute approximate surface area is 60.9 Å². The molecule has 4 N–H and O–H groups in total. The van der Waals surface area contributed by atoms with Crippen molar-refractivity contribution < 1.29 is 10.2 Å². The van der Waals surface area contributed by atoms with E-state index in [1.807, 2.05) is 0 Å². The molecule has 0 spiro atoms. The van der Waals surface area contributed by atoms with Gasteiger partial charge in [-0.15, -0.1) is 0 Å². The SMILES string of the molecule is NC1(C(O)CO)CCCC1. The standard InChI is InChI=1S/C7H15NO2/c8-7(6(10)5-9)3-1-2-4-7/h6,9-10H,1-5,8H2. The van der Waals surface area contributed by atoms with Crippen LogP contribution in [0.2, 0.25) is 0 Å². The van der Waals surface area contributed by atoms with Gasteiger partial charge < -0.3 is 15.9 Å². The van der Waals surface area contributed by atoms with Crippen LogP contribution in [0, 0.1) is 0 Å². The molecule has 0 aromatic rings. The van der Waals surface area contributed by atoms with E-state index >= 15 is 0 Å². The molecule has 0 radical (unpaired) electrons. The van der Waals surface area contributed by atoms with Crippen molar-refractivity contribution in [3.05, 3.63) is 0 Å². The van der Waals surface area contributed by atoms with Crippen molar-refractivity contribution in [2.45, 2.75) is 37.3 Å². The van der Waals surface area contributed by atoms with Gasteiger partial charge in [0, 0.05) is 5.54 Å². The van der Waals surface area contributed by atoms with Gasteiger partial charge in [0.25, 0.3) is 0 Å². The van der Waals surface area contributed by atoms with E-state index in [0.29, 0.717) is 0 Å². The third-order valence-electron chi connectivity index (χ3n) is 2.37. The number of aliphatic hydroxyl groups is 2. The maximum atomic E-state index is 9.24. The molecule has 0 aliphatic heterocycles. The Morgan fingerprint density at radius 3 is 2.30 bits per heavy atom. The Morgan fingerprint density at radius 1 is 1.40 bits per heavy atom. The van der Waals surface area contributed by atoms with Crippen molar-refractivity contribution in [2.24, 2.45) is 5.73 Å². The van der Waals surface area contributed by atoms with Gasteiger partial charge in [-0.25, -0.2) is 0 Å². The van der Waals surface area contributed by atoms with Gasteiger partial charge in [-0.1, -0.05) is 12.8 Å². The minimum Gasteiger partial charge on any atom is -0.394 e. The Morgan fingerprint density at radius 2 is 1.90 bits per heavy atom. The summed E-state index contributed by atoms with van der Waals surface area (Å²) in [7, 11) is 0. The number of rotatable bonds is 2. The highest BCUT2D eigenvalue weighted by Crippen LogP contribution is 2.29. The second-order valence-corrected chi connectivity index (χ2v) is 3.14. The first kappa shape index (κ1) is 7.98. The molecule has 3 heteroatoms. The molecule has 1 aliphatic rings. The highest BCUT2D eigenvalue weighted by Gasteiger charge is 2.35. The molecule has 0 heterocycles. The van der Waals surface area contributed by atoms with Crippen LogP contribution in [0.15, 0.2) is 0 Å². The number of aliphatic hydroxyl groups excluding tert-OH is 2. The van der Waals surface area contributed by atoms with Crippen LogP contribution in [0.25, 0.3) is 0 Å². The average molecular weight is 145 g/mol. The summed E-state index contributed by atoms with van der Waals surface area (Å²) >= 11 is 0. The van der Waals surface area contributed by atoms with E-state index < -0.39 is 11.6 Å². The Balaban J connectivity index is 2.49. The van der Waals surface area contributed by atoms with Gasteiger partial charge in [0.15, 0.2) is 0 Å². The predicted octanol–water partition coefficient (Wildman–Crippen LogP) is -0.389. The van der Waals surface area contributed by atoms with Crippen LogP contribution in [0.5, 0.6) is 0 Å². The van der Waals surface area contributed by atoms with E-state index in [1.54, 1.807) is 0 Å². The van der Waals surface area contributed by atoms with Gasteiger partial charge in [-0.05, 0) is 12.8 Å². The van der Waals surface area contributed by atoms with Crippen LogP contribution >= 0.6 is 0 Å². The van der Waals surface area contributed by atoms with Crippen molar-refractivity contribution in [2.75, 3.05) is 6.61 Å². The molecule has 1 saturated carbocycles. The Kier molecular flexibility index (Phi) is 2.28. The molecule has 0 saturated heterocycles. The number of hydrogen-bond acceptors (Lipinski definition) is 3. The summed E-state index contributed by atoms with van der Waals surface area (Å²) < 4.78 is 0. The summed E-state index contributed by atoms with van der Waals surface area (Å²) in [5.74, 6) is 0. The van der Waals surface area contributed by atoms with Crippen molar-refractivity contribution in [1.82, 2.24) is 0 Å². The van der Waals surface area contributed by atoms with Crippen molar-refractivity contribution in [3.63, 3.8) is 0 Å². The van der Waals surface area contributed by atoms with E-state index in [9.17, 15) is 5.11 Å². The zero-order chi connectivity index (χ0) is 7.61. The fourth-order valence-corrected chi connectivity index (χ4v) is 1.55. The van der Waals surface area contributed by atoms with Crippen molar-refractivity contribution in [3.8, 4) is 0 Å². The number of nitrogens with two attached hydrogens (primary N) is 1. The van der Waals surface area contributed by atoms with E-state index in [1.165, 1.54) is 0 Å². The summed E-state index contributed by atoms with van der Waals surface area (Å²) in [6, 6.07) is 0. The molecule has 10 heavy (non-hydrogen) atoms. The van der Waals surface area contributed by atoms with Crippen LogP contribution in [0.3, 0.4) is 0 Å². The zero-order valence-corrected chi connectivity index (χ0v) is 6.08. The Bertz CT molecular complexity index is 110. The molecule has 60 valence electrons. The first-order chi connectivity index (χ1) is 4.69. The van der Waals surface area contributed by atoms with Crippen LogP contribution in [-0.2, 0) is 0 Å². The maximum absolute atomic E-state index is 9.24. The van der Waals surface area contributed by atoms with Crippen molar-refractivity contribution in [1.29, 1.82) is 0 Å². The minimum absolute atomic E-state index is 0.212. The lowest BCUT2D eigenvalue weighted by Crippen LogP contribution is -2.50. The second kappa shape index (κ2) is 2.86. The van der Waals surface area contributed by atoms with Gasteiger partial charge in [-0.2, -0.15) is 0 Å². The minimum atomic E-state index is -0.727. The van der Waals surface area contributed by atoms with Crippen LogP contribution in [0.1, 0.15) is 25.7 Å². The van der Waals surface area contributed by atoms with Crippen LogP contribution < -0.4 is 5.73 Å². The molecule has 0 aromatic carbocycles. The first-order valence-electron chi connectivity index (χ1n) is 3.77. The molecule has 1 unspecified atom stereocenters. The highest BCUT2D eigenvalue weighted by atomic mass is 16.3. The predicted molar refractivity (Wildman–Crippen MR) is 38.5 cm³/mol. The molecular formula is C7H15NO2. The zero-order valence-electron chi connectivity index (χ0n) is 6.08. The lowest BCUT2D eigenvalue weighted by Gasteiger charge is -2.28. The molecule has 1 rings (SSSR count). The summed E-state index contributed by atoms with van der Waals surface area (Å²) in [6.07, 6.45) is 3.11. The summed E-state index contributed by atoms with van der Waals surface area (Å²) in [5, 5.41) is 17.9. The van der Waals surface area contributed by atoms with Gasteiger partial charge in [0.2, 0.25) is 0 Å². The molecule has 1 fully saturated rings. The molecule has 3 nitrogen and oxygen atoms in total. The van der Waals surface area contributed by atoms with Crippen LogP contribution in [0.4, 0.5) is 0 Å². The third kappa shape index (κ3) is 1.31. The lowest BCUT2D eigenvalue weighted by atomic mass is 9.92. The molecule has 1 aliphatic carbocycles. The van der Waals surface area contributed by atoms with E-state index in [4.69, 9.17) is 10.8 Å². The largest absolute Gasteiger partial charge is 0.394 e. The third-order valence-corrected chi connectivity index (χ3v) is 2.37. The quantitative estimate of drug-likeness (QED) is 0.496. The topological polar surface area (TPSA) is 66.5 Å². The number of hydrogen-bond donors (Lipinski definition) is 3. The highest BCUT2D eigenvalue weighted by molar-refractivity contribution is 4.95. The summed E-state index contributed by atoms with van der Waals surface area (Å²) in [4.78, 5) is 0. The fourth-order valence-electron chi connectivity index (χ4n) is 1.55. The van der Waals surface area contributed by atoms with Gasteiger partial charge >= 0.3 is 0 Å². The average Bonchev–Trinajstić information content (AvgIpc) is 2.36. The Hall–Kier alpha value is -0.120. The fraction of sp³-hybridized carbons (Fsp3) is 1.00. The van der Waals surface area contributed by atoms with E-state index in [2.05, 4.69) is 0 Å². The van der Waals surface area contributed by atoms with Gasteiger partial charge in [-0.3, -0.25) is 0 Å². The normalized spacial score (nSPS) is 26.7. The van der Waals surface area contributed by atoms with Gasteiger partial charge in [0.05, 0.1) is 12.7 Å². The van der Waals surface area contributed by atoms with Crippen molar-refractivity contribution >= 4 is 0 Å². The maximum Gasteiger partial charge on any atom is 0.0949 e. The smallest absolute Gasteiger partial charge is 0.0949 e. The summed E-state index contributed by atoms with van der Waals surface area (Å²) in [5.41, 5.74) is 5.31. The van der Waals surface area contributed by atoms with E-state index in [0.717, 1.165) is 25.7 Å².